The quantitative estimate of drug-likeness (QED) is 0.838. The Balaban J connectivity index is 1.92. The predicted octanol–water partition coefficient (Wildman–Crippen LogP) is 3.72. The summed E-state index contributed by atoms with van der Waals surface area (Å²) in [6.07, 6.45) is 6.27. The molecule has 1 atom stereocenters. The van der Waals surface area contributed by atoms with Gasteiger partial charge < -0.3 is 5.32 Å². The smallest absolute Gasteiger partial charge is 0.0647 e. The molecule has 0 amide bonds. The number of nitrogens with one attached hydrogen (secondary N) is 1. The second kappa shape index (κ2) is 6.24. The molecule has 0 spiro atoms. The van der Waals surface area contributed by atoms with Crippen LogP contribution >= 0.6 is 0 Å². The van der Waals surface area contributed by atoms with E-state index in [1.807, 2.05) is 16.9 Å². The normalized spacial score (nSPS) is 12.3. The molecule has 0 aliphatic carbocycles. The van der Waals surface area contributed by atoms with Gasteiger partial charge in [-0.2, -0.15) is 5.10 Å². The predicted molar refractivity (Wildman–Crippen MR) is 76.1 cm³/mol. The van der Waals surface area contributed by atoms with E-state index >= 15 is 0 Å². The molecule has 1 N–H and O–H groups in total. The van der Waals surface area contributed by atoms with Crippen molar-refractivity contribution in [3.8, 4) is 5.69 Å². The van der Waals surface area contributed by atoms with Crippen molar-refractivity contribution in [3.05, 3.63) is 42.7 Å². The van der Waals surface area contributed by atoms with Gasteiger partial charge in [0, 0.05) is 24.6 Å². The van der Waals surface area contributed by atoms with Crippen LogP contribution < -0.4 is 5.32 Å². The number of benzene rings is 1. The molecule has 0 bridgehead atoms. The highest BCUT2D eigenvalue weighted by Crippen LogP contribution is 2.14. The molecular weight excluding hydrogens is 222 g/mol. The van der Waals surface area contributed by atoms with Gasteiger partial charge in [0.2, 0.25) is 0 Å². The minimum Gasteiger partial charge on any atom is -0.385 e. The van der Waals surface area contributed by atoms with Gasteiger partial charge in [0.15, 0.2) is 0 Å². The number of nitrogens with zero attached hydrogens (tertiary/aromatic N) is 2. The van der Waals surface area contributed by atoms with Gasteiger partial charge in [0.25, 0.3) is 0 Å². The number of hydrogen-bond donors (Lipinski definition) is 1. The van der Waals surface area contributed by atoms with Crippen LogP contribution in [0.2, 0.25) is 0 Å². The van der Waals surface area contributed by atoms with Crippen molar-refractivity contribution in [1.82, 2.24) is 9.78 Å². The van der Waals surface area contributed by atoms with E-state index in [9.17, 15) is 0 Å². The number of aromatic nitrogens is 2. The van der Waals surface area contributed by atoms with Crippen LogP contribution in [0.1, 0.15) is 26.7 Å². The molecule has 1 aromatic heterocycles. The Morgan fingerprint density at radius 3 is 2.67 bits per heavy atom. The van der Waals surface area contributed by atoms with E-state index in [1.54, 1.807) is 6.20 Å². The lowest BCUT2D eigenvalue weighted by Gasteiger charge is -2.12. The molecule has 0 fully saturated rings. The maximum absolute atomic E-state index is 4.21. The minimum absolute atomic E-state index is 0.723. The summed E-state index contributed by atoms with van der Waals surface area (Å²) in [6.45, 7) is 5.55. The van der Waals surface area contributed by atoms with Crippen LogP contribution in [-0.4, -0.2) is 16.3 Å². The Labute approximate surface area is 109 Å². The maximum atomic E-state index is 4.21. The van der Waals surface area contributed by atoms with Gasteiger partial charge in [-0.3, -0.25) is 0 Å². The molecule has 1 heterocycles. The molecule has 3 heteroatoms. The Morgan fingerprint density at radius 2 is 2.06 bits per heavy atom. The van der Waals surface area contributed by atoms with E-state index in [4.69, 9.17) is 0 Å². The second-order valence-electron chi connectivity index (χ2n) is 4.77. The average molecular weight is 243 g/mol. The number of rotatable bonds is 6. The van der Waals surface area contributed by atoms with Crippen molar-refractivity contribution in [2.24, 2.45) is 5.92 Å². The molecule has 0 saturated carbocycles. The van der Waals surface area contributed by atoms with Gasteiger partial charge in [0.05, 0.1) is 5.69 Å². The number of anilines is 1. The summed E-state index contributed by atoms with van der Waals surface area (Å²) in [5.41, 5.74) is 2.26. The summed E-state index contributed by atoms with van der Waals surface area (Å²) in [5.74, 6) is 0.723. The molecule has 1 unspecified atom stereocenters. The first-order valence-electron chi connectivity index (χ1n) is 6.63. The fourth-order valence-corrected chi connectivity index (χ4v) is 2.04. The monoisotopic (exact) mass is 243 g/mol. The molecule has 0 saturated heterocycles. The largest absolute Gasteiger partial charge is 0.385 e. The first-order chi connectivity index (χ1) is 8.79. The van der Waals surface area contributed by atoms with Gasteiger partial charge in [-0.1, -0.05) is 20.3 Å². The van der Waals surface area contributed by atoms with Crippen molar-refractivity contribution < 1.29 is 0 Å². The first kappa shape index (κ1) is 12.7. The topological polar surface area (TPSA) is 29.9 Å². The fourth-order valence-electron chi connectivity index (χ4n) is 2.04. The molecule has 2 rings (SSSR count). The standard InChI is InChI=1S/C15H21N3/c1-3-5-13(2)12-16-14-6-8-15(9-7-14)18-11-4-10-17-18/h4,6-11,13,16H,3,5,12H2,1-2H3. The van der Waals surface area contributed by atoms with E-state index in [1.165, 1.54) is 18.5 Å². The highest BCUT2D eigenvalue weighted by Gasteiger charge is 2.01. The van der Waals surface area contributed by atoms with Crippen LogP contribution in [0.15, 0.2) is 42.7 Å². The Bertz CT molecular complexity index is 445. The highest BCUT2D eigenvalue weighted by molar-refractivity contribution is 5.48. The first-order valence-corrected chi connectivity index (χ1v) is 6.63. The van der Waals surface area contributed by atoms with Gasteiger partial charge >= 0.3 is 0 Å². The van der Waals surface area contributed by atoms with Gasteiger partial charge in [-0.15, -0.1) is 0 Å². The minimum atomic E-state index is 0.723. The third-order valence-electron chi connectivity index (χ3n) is 3.07. The van der Waals surface area contributed by atoms with Crippen LogP contribution in [0.25, 0.3) is 5.69 Å². The summed E-state index contributed by atoms with van der Waals surface area (Å²) < 4.78 is 1.86. The Hall–Kier alpha value is -1.77. The summed E-state index contributed by atoms with van der Waals surface area (Å²) in [7, 11) is 0. The lowest BCUT2D eigenvalue weighted by Crippen LogP contribution is -2.10. The lowest BCUT2D eigenvalue weighted by atomic mass is 10.1. The van der Waals surface area contributed by atoms with Crippen LogP contribution in [0.5, 0.6) is 0 Å². The van der Waals surface area contributed by atoms with Crippen molar-refractivity contribution in [2.75, 3.05) is 11.9 Å². The highest BCUT2D eigenvalue weighted by atomic mass is 15.3. The van der Waals surface area contributed by atoms with Crippen LogP contribution in [0.3, 0.4) is 0 Å². The van der Waals surface area contributed by atoms with Gasteiger partial charge in [0.1, 0.15) is 0 Å². The molecule has 96 valence electrons. The van der Waals surface area contributed by atoms with Gasteiger partial charge in [-0.25, -0.2) is 4.68 Å². The molecule has 0 radical (unpaired) electrons. The molecule has 0 aliphatic heterocycles. The maximum Gasteiger partial charge on any atom is 0.0647 e. The van der Waals surface area contributed by atoms with Crippen molar-refractivity contribution in [3.63, 3.8) is 0 Å². The zero-order chi connectivity index (χ0) is 12.8. The second-order valence-corrected chi connectivity index (χ2v) is 4.77. The number of hydrogen-bond acceptors (Lipinski definition) is 2. The molecule has 0 aliphatic rings. The third kappa shape index (κ3) is 3.36. The third-order valence-corrected chi connectivity index (χ3v) is 3.07. The Morgan fingerprint density at radius 1 is 1.28 bits per heavy atom. The van der Waals surface area contributed by atoms with E-state index in [-0.39, 0.29) is 0 Å². The molecule has 2 aromatic rings. The average Bonchev–Trinajstić information content (AvgIpc) is 2.91. The SMILES string of the molecule is CCCC(C)CNc1ccc(-n2cccn2)cc1. The van der Waals surface area contributed by atoms with Crippen molar-refractivity contribution in [2.45, 2.75) is 26.7 Å². The molecule has 1 aromatic carbocycles. The van der Waals surface area contributed by atoms with Gasteiger partial charge in [-0.05, 0) is 42.7 Å². The van der Waals surface area contributed by atoms with Crippen LogP contribution in [-0.2, 0) is 0 Å². The molecule has 18 heavy (non-hydrogen) atoms. The van der Waals surface area contributed by atoms with Crippen molar-refractivity contribution in [1.29, 1.82) is 0 Å². The van der Waals surface area contributed by atoms with E-state index in [2.05, 4.69) is 48.5 Å². The van der Waals surface area contributed by atoms with E-state index in [0.717, 1.165) is 18.2 Å². The lowest BCUT2D eigenvalue weighted by molar-refractivity contribution is 0.551. The summed E-state index contributed by atoms with van der Waals surface area (Å²) in [6, 6.07) is 10.3. The summed E-state index contributed by atoms with van der Waals surface area (Å²) in [4.78, 5) is 0. The van der Waals surface area contributed by atoms with Crippen LogP contribution in [0.4, 0.5) is 5.69 Å². The zero-order valence-electron chi connectivity index (χ0n) is 11.1. The van der Waals surface area contributed by atoms with E-state index < -0.39 is 0 Å². The van der Waals surface area contributed by atoms with Crippen LogP contribution in [0, 0.1) is 5.92 Å². The summed E-state index contributed by atoms with van der Waals surface area (Å²) in [5, 5.41) is 7.68. The summed E-state index contributed by atoms with van der Waals surface area (Å²) >= 11 is 0. The zero-order valence-corrected chi connectivity index (χ0v) is 11.1. The van der Waals surface area contributed by atoms with Crippen molar-refractivity contribution >= 4 is 5.69 Å². The molecule has 3 nitrogen and oxygen atoms in total. The molecular formula is C15H21N3. The fraction of sp³-hybridized carbons (Fsp3) is 0.400. The van der Waals surface area contributed by atoms with E-state index in [0.29, 0.717) is 0 Å². The Kier molecular flexibility index (Phi) is 4.40.